The molecule has 8 heteroatoms. The lowest BCUT2D eigenvalue weighted by Gasteiger charge is -2.23. The molecule has 0 bridgehead atoms. The summed E-state index contributed by atoms with van der Waals surface area (Å²) in [6.45, 7) is 2.90. The van der Waals surface area contributed by atoms with Crippen molar-refractivity contribution in [3.63, 3.8) is 0 Å². The zero-order valence-electron chi connectivity index (χ0n) is 18.9. The molecule has 174 valence electrons. The van der Waals surface area contributed by atoms with E-state index < -0.39 is 10.0 Å². The van der Waals surface area contributed by atoms with Gasteiger partial charge in [-0.1, -0.05) is 36.4 Å². The quantitative estimate of drug-likeness (QED) is 0.339. The zero-order chi connectivity index (χ0) is 23.8. The third-order valence-corrected chi connectivity index (χ3v) is 6.89. The van der Waals surface area contributed by atoms with Crippen LogP contribution < -0.4 is 14.4 Å². The fraction of sp³-hybridized carbons (Fsp3) is 0.240. The van der Waals surface area contributed by atoms with E-state index in [2.05, 4.69) is 5.32 Å². The summed E-state index contributed by atoms with van der Waals surface area (Å²) in [5.74, 6) is 0.595. The first kappa shape index (κ1) is 24.7. The minimum atomic E-state index is -3.48. The number of para-hydroxylation sites is 1. The average Bonchev–Trinajstić information content (AvgIpc) is 2.81. The number of benzene rings is 3. The molecule has 0 radical (unpaired) electrons. The maximum atomic E-state index is 12.4. The third-order valence-electron chi connectivity index (χ3n) is 5.02. The van der Waals surface area contributed by atoms with Gasteiger partial charge in [0.15, 0.2) is 0 Å². The van der Waals surface area contributed by atoms with E-state index in [1.54, 1.807) is 42.1 Å². The Bertz CT molecular complexity index is 1200. The van der Waals surface area contributed by atoms with Gasteiger partial charge in [-0.05, 0) is 60.7 Å². The van der Waals surface area contributed by atoms with Gasteiger partial charge in [-0.3, -0.25) is 9.10 Å². The Balaban J connectivity index is 1.60. The predicted molar refractivity (Wildman–Crippen MR) is 135 cm³/mol. The molecule has 0 atom stereocenters. The van der Waals surface area contributed by atoms with E-state index in [0.29, 0.717) is 24.4 Å². The van der Waals surface area contributed by atoms with Crippen LogP contribution in [0.2, 0.25) is 0 Å². The number of sulfonamides is 1. The van der Waals surface area contributed by atoms with Crippen molar-refractivity contribution in [3.8, 4) is 5.75 Å². The number of nitrogens with zero attached hydrogens (tertiary/aromatic N) is 1. The highest BCUT2D eigenvalue weighted by molar-refractivity contribution is 7.98. The topological polar surface area (TPSA) is 75.7 Å². The summed E-state index contributed by atoms with van der Waals surface area (Å²) in [4.78, 5) is 13.4. The summed E-state index contributed by atoms with van der Waals surface area (Å²) in [6.07, 6.45) is 3.14. The van der Waals surface area contributed by atoms with E-state index in [-0.39, 0.29) is 12.5 Å². The van der Waals surface area contributed by atoms with Crippen molar-refractivity contribution in [3.05, 3.63) is 89.5 Å². The first-order valence-corrected chi connectivity index (χ1v) is 13.5. The van der Waals surface area contributed by atoms with Gasteiger partial charge < -0.3 is 10.1 Å². The van der Waals surface area contributed by atoms with Gasteiger partial charge >= 0.3 is 0 Å². The molecule has 6 nitrogen and oxygen atoms in total. The van der Waals surface area contributed by atoms with Crippen molar-refractivity contribution in [2.45, 2.75) is 18.4 Å². The molecule has 0 saturated carbocycles. The summed E-state index contributed by atoms with van der Waals surface area (Å²) < 4.78 is 31.9. The maximum absolute atomic E-state index is 12.4. The minimum Gasteiger partial charge on any atom is -0.491 e. The fourth-order valence-corrected chi connectivity index (χ4v) is 4.57. The Morgan fingerprint density at radius 3 is 2.42 bits per heavy atom. The number of hydrogen-bond acceptors (Lipinski definition) is 5. The Morgan fingerprint density at radius 2 is 1.76 bits per heavy atom. The maximum Gasteiger partial charge on any atom is 0.251 e. The van der Waals surface area contributed by atoms with Gasteiger partial charge in [0, 0.05) is 10.5 Å². The first-order valence-electron chi connectivity index (χ1n) is 10.5. The number of ether oxygens (including phenoxy) is 1. The Morgan fingerprint density at radius 1 is 1.03 bits per heavy atom. The number of hydrogen-bond donors (Lipinski definition) is 1. The Hall–Kier alpha value is -2.97. The number of thioether (sulfide) groups is 1. The fourth-order valence-electron chi connectivity index (χ4n) is 3.24. The molecular weight excluding hydrogens is 456 g/mol. The largest absolute Gasteiger partial charge is 0.491 e. The smallest absolute Gasteiger partial charge is 0.251 e. The van der Waals surface area contributed by atoms with Crippen molar-refractivity contribution in [2.24, 2.45) is 0 Å². The zero-order valence-corrected chi connectivity index (χ0v) is 20.6. The summed E-state index contributed by atoms with van der Waals surface area (Å²) in [5.41, 5.74) is 2.95. The van der Waals surface area contributed by atoms with Crippen molar-refractivity contribution in [1.82, 2.24) is 5.32 Å². The van der Waals surface area contributed by atoms with Crippen LogP contribution in [0.25, 0.3) is 0 Å². The highest BCUT2D eigenvalue weighted by Crippen LogP contribution is 2.25. The number of anilines is 1. The summed E-state index contributed by atoms with van der Waals surface area (Å²) >= 11 is 1.55. The SMILES string of the molecule is CSc1cccc(N(Cc2ccc(C(=O)NCCOc3ccccc3C)cc2)S(C)(=O)=O)c1. The number of carbonyl (C=O) groups excluding carboxylic acids is 1. The van der Waals surface area contributed by atoms with Gasteiger partial charge in [-0.15, -0.1) is 11.8 Å². The molecule has 0 aromatic heterocycles. The van der Waals surface area contributed by atoms with Crippen LogP contribution in [-0.4, -0.2) is 40.0 Å². The average molecular weight is 485 g/mol. The lowest BCUT2D eigenvalue weighted by atomic mass is 10.1. The van der Waals surface area contributed by atoms with Crippen LogP contribution in [0.5, 0.6) is 5.75 Å². The summed E-state index contributed by atoms with van der Waals surface area (Å²) in [6, 6.07) is 22.1. The van der Waals surface area contributed by atoms with Gasteiger partial charge in [-0.2, -0.15) is 0 Å². The van der Waals surface area contributed by atoms with E-state index in [1.807, 2.05) is 55.6 Å². The molecule has 33 heavy (non-hydrogen) atoms. The lowest BCUT2D eigenvalue weighted by Crippen LogP contribution is -2.29. The van der Waals surface area contributed by atoms with Crippen LogP contribution in [0.3, 0.4) is 0 Å². The van der Waals surface area contributed by atoms with E-state index >= 15 is 0 Å². The number of nitrogens with one attached hydrogen (secondary N) is 1. The van der Waals surface area contributed by atoms with Crippen LogP contribution in [0, 0.1) is 6.92 Å². The molecule has 3 aromatic carbocycles. The van der Waals surface area contributed by atoms with Crippen LogP contribution in [0.1, 0.15) is 21.5 Å². The molecule has 0 heterocycles. The van der Waals surface area contributed by atoms with Crippen LogP contribution in [0.4, 0.5) is 5.69 Å². The minimum absolute atomic E-state index is 0.183. The molecule has 0 aliphatic carbocycles. The van der Waals surface area contributed by atoms with E-state index in [9.17, 15) is 13.2 Å². The van der Waals surface area contributed by atoms with Crippen LogP contribution in [0.15, 0.2) is 77.7 Å². The first-order chi connectivity index (χ1) is 15.8. The van der Waals surface area contributed by atoms with E-state index in [1.165, 1.54) is 10.6 Å². The molecule has 3 aromatic rings. The van der Waals surface area contributed by atoms with Crippen molar-refractivity contribution in [1.29, 1.82) is 0 Å². The number of rotatable bonds is 10. The second-order valence-corrected chi connectivity index (χ2v) is 10.3. The monoisotopic (exact) mass is 484 g/mol. The number of amides is 1. The standard InChI is InChI=1S/C25H28N2O4S2/c1-19-7-4-5-10-24(19)31-16-15-26-25(28)21-13-11-20(12-14-21)18-27(33(3,29)30)22-8-6-9-23(17-22)32-2/h4-14,17H,15-16,18H2,1-3H3,(H,26,28). The Kier molecular flexibility index (Phi) is 8.41. The van der Waals surface area contributed by atoms with Gasteiger partial charge in [0.2, 0.25) is 10.0 Å². The van der Waals surface area contributed by atoms with Gasteiger partial charge in [0.1, 0.15) is 12.4 Å². The molecule has 0 spiro atoms. The lowest BCUT2D eigenvalue weighted by molar-refractivity contribution is 0.0947. The van der Waals surface area contributed by atoms with Gasteiger partial charge in [0.25, 0.3) is 5.91 Å². The van der Waals surface area contributed by atoms with Crippen LogP contribution >= 0.6 is 11.8 Å². The van der Waals surface area contributed by atoms with Crippen molar-refractivity contribution >= 4 is 33.4 Å². The number of carbonyl (C=O) groups is 1. The molecule has 0 aliphatic heterocycles. The third kappa shape index (κ3) is 7.00. The van der Waals surface area contributed by atoms with E-state index in [0.717, 1.165) is 21.8 Å². The number of aryl methyl sites for hydroxylation is 1. The van der Waals surface area contributed by atoms with Crippen LogP contribution in [-0.2, 0) is 16.6 Å². The molecule has 1 N–H and O–H groups in total. The van der Waals surface area contributed by atoms with Crippen molar-refractivity contribution in [2.75, 3.05) is 30.0 Å². The summed E-state index contributed by atoms with van der Waals surface area (Å²) in [5, 5.41) is 2.84. The van der Waals surface area contributed by atoms with Gasteiger partial charge in [-0.25, -0.2) is 8.42 Å². The van der Waals surface area contributed by atoms with E-state index in [4.69, 9.17) is 4.74 Å². The van der Waals surface area contributed by atoms with Gasteiger partial charge in [0.05, 0.1) is 25.0 Å². The second kappa shape index (κ2) is 11.2. The normalized spacial score (nSPS) is 11.1. The molecule has 0 fully saturated rings. The molecular formula is C25H28N2O4S2. The molecule has 0 aliphatic rings. The molecule has 3 rings (SSSR count). The Labute approximate surface area is 200 Å². The predicted octanol–water partition coefficient (Wildman–Crippen LogP) is 4.49. The molecule has 0 unspecified atom stereocenters. The van der Waals surface area contributed by atoms with Crippen molar-refractivity contribution < 1.29 is 17.9 Å². The summed E-state index contributed by atoms with van der Waals surface area (Å²) in [7, 11) is -3.48. The highest BCUT2D eigenvalue weighted by atomic mass is 32.2. The highest BCUT2D eigenvalue weighted by Gasteiger charge is 2.18. The molecule has 1 amide bonds. The second-order valence-electron chi connectivity index (χ2n) is 7.54. The molecule has 0 saturated heterocycles.